The van der Waals surface area contributed by atoms with E-state index in [9.17, 15) is 14.4 Å². The van der Waals surface area contributed by atoms with Crippen LogP contribution in [0.4, 0.5) is 4.79 Å². The Morgan fingerprint density at radius 2 is 2.05 bits per heavy atom. The maximum atomic E-state index is 12.1. The molecule has 0 aromatic carbocycles. The Balaban J connectivity index is 1.79. The first-order chi connectivity index (χ1) is 10.6. The Hall–Kier alpha value is -2.02. The van der Waals surface area contributed by atoms with Crippen LogP contribution < -0.4 is 0 Å². The number of unbranched alkanes of at least 4 members (excludes halogenated alkanes) is 3. The molecule has 118 valence electrons. The van der Waals surface area contributed by atoms with E-state index in [-0.39, 0.29) is 17.6 Å². The van der Waals surface area contributed by atoms with Gasteiger partial charge in [0.15, 0.2) is 0 Å². The summed E-state index contributed by atoms with van der Waals surface area (Å²) in [5.41, 5.74) is 0. The number of hydrogen-bond donors (Lipinski definition) is 1. The van der Waals surface area contributed by atoms with Gasteiger partial charge in [-0.05, 0) is 36.7 Å². The standard InChI is InChI=1S/C15H17NO5S/c17-13(18)7-3-1-2-4-8-16-14(19)12(22-15(16)20)10-11-6-5-9-21-11/h5-6,9-10H,1-4,7-8H2,(H,17,18). The molecular weight excluding hydrogens is 306 g/mol. The number of aliphatic carboxylic acids is 1. The number of imide groups is 1. The molecule has 0 saturated carbocycles. The average Bonchev–Trinajstić information content (AvgIpc) is 3.05. The third-order valence-electron chi connectivity index (χ3n) is 3.21. The monoisotopic (exact) mass is 323 g/mol. The predicted molar refractivity (Wildman–Crippen MR) is 82.1 cm³/mol. The Labute approximate surface area is 132 Å². The maximum Gasteiger partial charge on any atom is 0.303 e. The molecule has 1 aliphatic heterocycles. The fourth-order valence-corrected chi connectivity index (χ4v) is 2.94. The fourth-order valence-electron chi connectivity index (χ4n) is 2.10. The molecule has 2 heterocycles. The van der Waals surface area contributed by atoms with Gasteiger partial charge in [0.1, 0.15) is 5.76 Å². The van der Waals surface area contributed by atoms with Gasteiger partial charge in [-0.1, -0.05) is 12.8 Å². The smallest absolute Gasteiger partial charge is 0.303 e. The molecule has 1 saturated heterocycles. The minimum absolute atomic E-state index is 0.160. The van der Waals surface area contributed by atoms with Gasteiger partial charge in [0.2, 0.25) is 0 Å². The average molecular weight is 323 g/mol. The van der Waals surface area contributed by atoms with Gasteiger partial charge in [0.25, 0.3) is 11.1 Å². The van der Waals surface area contributed by atoms with E-state index in [1.54, 1.807) is 18.2 Å². The Morgan fingerprint density at radius 3 is 2.73 bits per heavy atom. The molecule has 2 rings (SSSR count). The van der Waals surface area contributed by atoms with Gasteiger partial charge in [0.05, 0.1) is 11.2 Å². The Bertz CT molecular complexity index is 579. The molecule has 0 bridgehead atoms. The number of furan rings is 1. The normalized spacial score (nSPS) is 16.7. The van der Waals surface area contributed by atoms with Crippen molar-refractivity contribution in [1.29, 1.82) is 0 Å². The lowest BCUT2D eigenvalue weighted by molar-refractivity contribution is -0.137. The summed E-state index contributed by atoms with van der Waals surface area (Å²) in [5, 5.41) is 8.26. The zero-order valence-electron chi connectivity index (χ0n) is 12.0. The van der Waals surface area contributed by atoms with E-state index in [2.05, 4.69) is 0 Å². The Kier molecular flexibility index (Phi) is 5.83. The van der Waals surface area contributed by atoms with Crippen LogP contribution in [0.15, 0.2) is 27.7 Å². The number of nitrogens with zero attached hydrogens (tertiary/aromatic N) is 1. The highest BCUT2D eigenvalue weighted by Gasteiger charge is 2.34. The molecule has 22 heavy (non-hydrogen) atoms. The molecule has 0 radical (unpaired) electrons. The van der Waals surface area contributed by atoms with Crippen LogP contribution in [0.1, 0.15) is 37.9 Å². The van der Waals surface area contributed by atoms with E-state index in [0.29, 0.717) is 30.1 Å². The summed E-state index contributed by atoms with van der Waals surface area (Å²) in [5.74, 6) is -0.551. The highest BCUT2D eigenvalue weighted by Crippen LogP contribution is 2.32. The molecule has 0 spiro atoms. The summed E-state index contributed by atoms with van der Waals surface area (Å²) in [6, 6.07) is 3.43. The molecule has 1 N–H and O–H groups in total. The van der Waals surface area contributed by atoms with Crippen molar-refractivity contribution in [2.45, 2.75) is 32.1 Å². The fraction of sp³-hybridized carbons (Fsp3) is 0.400. The van der Waals surface area contributed by atoms with Gasteiger partial charge < -0.3 is 9.52 Å². The number of carboxylic acids is 1. The predicted octanol–water partition coefficient (Wildman–Crippen LogP) is 3.35. The minimum Gasteiger partial charge on any atom is -0.481 e. The van der Waals surface area contributed by atoms with E-state index in [0.717, 1.165) is 24.6 Å². The van der Waals surface area contributed by atoms with Gasteiger partial charge in [-0.25, -0.2) is 0 Å². The van der Waals surface area contributed by atoms with Gasteiger partial charge in [-0.2, -0.15) is 0 Å². The van der Waals surface area contributed by atoms with Crippen LogP contribution >= 0.6 is 11.8 Å². The van der Waals surface area contributed by atoms with Crippen molar-refractivity contribution in [2.75, 3.05) is 6.54 Å². The molecule has 1 fully saturated rings. The zero-order valence-corrected chi connectivity index (χ0v) is 12.8. The van der Waals surface area contributed by atoms with Crippen molar-refractivity contribution in [3.05, 3.63) is 29.1 Å². The largest absolute Gasteiger partial charge is 0.481 e. The van der Waals surface area contributed by atoms with E-state index in [1.807, 2.05) is 0 Å². The van der Waals surface area contributed by atoms with Crippen LogP contribution in [0, 0.1) is 0 Å². The van der Waals surface area contributed by atoms with Crippen molar-refractivity contribution >= 4 is 35.0 Å². The SMILES string of the molecule is O=C(O)CCCCCCN1C(=O)SC(=Cc2ccco2)C1=O. The van der Waals surface area contributed by atoms with Gasteiger partial charge in [0, 0.05) is 19.0 Å². The second-order valence-corrected chi connectivity index (χ2v) is 5.90. The molecular formula is C15H17NO5S. The first-order valence-electron chi connectivity index (χ1n) is 7.08. The van der Waals surface area contributed by atoms with E-state index >= 15 is 0 Å². The van der Waals surface area contributed by atoms with Crippen molar-refractivity contribution in [1.82, 2.24) is 4.90 Å². The topological polar surface area (TPSA) is 87.8 Å². The van der Waals surface area contributed by atoms with E-state index in [1.165, 1.54) is 11.2 Å². The zero-order chi connectivity index (χ0) is 15.9. The van der Waals surface area contributed by atoms with Crippen LogP contribution in [0.25, 0.3) is 6.08 Å². The molecule has 1 aromatic rings. The summed E-state index contributed by atoms with van der Waals surface area (Å²) >= 11 is 0.913. The highest BCUT2D eigenvalue weighted by atomic mass is 32.2. The highest BCUT2D eigenvalue weighted by molar-refractivity contribution is 8.18. The molecule has 0 atom stereocenters. The lowest BCUT2D eigenvalue weighted by atomic mass is 10.1. The van der Waals surface area contributed by atoms with Crippen LogP contribution in [-0.2, 0) is 9.59 Å². The van der Waals surface area contributed by atoms with Crippen molar-refractivity contribution < 1.29 is 23.9 Å². The van der Waals surface area contributed by atoms with Crippen LogP contribution in [0.5, 0.6) is 0 Å². The molecule has 1 aliphatic rings. The quantitative estimate of drug-likeness (QED) is 0.583. The molecule has 6 nitrogen and oxygen atoms in total. The minimum atomic E-state index is -0.797. The second kappa shape index (κ2) is 7.84. The second-order valence-electron chi connectivity index (χ2n) is 4.91. The Morgan fingerprint density at radius 1 is 1.27 bits per heavy atom. The maximum absolute atomic E-state index is 12.1. The lowest BCUT2D eigenvalue weighted by Crippen LogP contribution is -2.29. The summed E-state index contributed by atoms with van der Waals surface area (Å²) in [6.45, 7) is 0.368. The lowest BCUT2D eigenvalue weighted by Gasteiger charge is -2.11. The first-order valence-corrected chi connectivity index (χ1v) is 7.90. The molecule has 0 aliphatic carbocycles. The van der Waals surface area contributed by atoms with E-state index < -0.39 is 5.97 Å². The number of carbonyl (C=O) groups excluding carboxylic acids is 2. The summed E-state index contributed by atoms with van der Waals surface area (Å²) < 4.78 is 5.14. The molecule has 2 amide bonds. The number of rotatable bonds is 8. The number of amides is 2. The number of hydrogen-bond acceptors (Lipinski definition) is 5. The van der Waals surface area contributed by atoms with Crippen LogP contribution in [0.2, 0.25) is 0 Å². The van der Waals surface area contributed by atoms with Gasteiger partial charge in [-0.3, -0.25) is 19.3 Å². The summed E-state index contributed by atoms with van der Waals surface area (Å²) in [6.07, 6.45) is 6.12. The number of carboxylic acid groups (broad SMARTS) is 1. The molecule has 0 unspecified atom stereocenters. The number of carbonyl (C=O) groups is 3. The van der Waals surface area contributed by atoms with E-state index in [4.69, 9.17) is 9.52 Å². The van der Waals surface area contributed by atoms with Crippen LogP contribution in [-0.4, -0.2) is 33.7 Å². The summed E-state index contributed by atoms with van der Waals surface area (Å²) in [4.78, 5) is 36.0. The van der Waals surface area contributed by atoms with Crippen molar-refractivity contribution in [3.8, 4) is 0 Å². The van der Waals surface area contributed by atoms with Crippen LogP contribution in [0.3, 0.4) is 0 Å². The number of thioether (sulfide) groups is 1. The first kappa shape index (κ1) is 16.4. The summed E-state index contributed by atoms with van der Waals surface area (Å²) in [7, 11) is 0. The molecule has 7 heteroatoms. The van der Waals surface area contributed by atoms with Crippen molar-refractivity contribution in [3.63, 3.8) is 0 Å². The van der Waals surface area contributed by atoms with Gasteiger partial charge in [-0.15, -0.1) is 0 Å². The third-order valence-corrected chi connectivity index (χ3v) is 4.12. The van der Waals surface area contributed by atoms with Gasteiger partial charge >= 0.3 is 5.97 Å². The van der Waals surface area contributed by atoms with Crippen molar-refractivity contribution in [2.24, 2.45) is 0 Å². The third kappa shape index (κ3) is 4.49. The molecule has 1 aromatic heterocycles.